The molecule has 4 aliphatic carbocycles. The standard InChI is InChI=1S/C4H2/c1-2-3(1)4(1)2/h1-2H. The second-order valence-electron chi connectivity index (χ2n) is 1.87. The summed E-state index contributed by atoms with van der Waals surface area (Å²) in [7, 11) is 0. The SMILES string of the molecule is C12=C3C1C23. The van der Waals surface area contributed by atoms with Crippen LogP contribution in [0.1, 0.15) is 0 Å². The van der Waals surface area contributed by atoms with Crippen molar-refractivity contribution in [1.29, 1.82) is 0 Å². The summed E-state index contributed by atoms with van der Waals surface area (Å²) < 4.78 is 0. The first kappa shape index (κ1) is 0.852. The fourth-order valence-electron chi connectivity index (χ4n) is 0.789. The summed E-state index contributed by atoms with van der Waals surface area (Å²) in [6, 6.07) is 0. The van der Waals surface area contributed by atoms with E-state index in [0.717, 1.165) is 0 Å². The molecule has 0 unspecified atom stereocenters. The minimum absolute atomic E-state index is 1.17. The summed E-state index contributed by atoms with van der Waals surface area (Å²) in [5.74, 6) is 2.33. The van der Waals surface area contributed by atoms with E-state index in [1.165, 1.54) is 11.8 Å². The van der Waals surface area contributed by atoms with E-state index in [-0.39, 0.29) is 0 Å². The van der Waals surface area contributed by atoms with Gasteiger partial charge in [0.1, 0.15) is 0 Å². The van der Waals surface area contributed by atoms with Crippen LogP contribution in [0.25, 0.3) is 0 Å². The van der Waals surface area contributed by atoms with Crippen molar-refractivity contribution in [3.05, 3.63) is 11.1 Å². The van der Waals surface area contributed by atoms with Crippen LogP contribution < -0.4 is 0 Å². The van der Waals surface area contributed by atoms with Gasteiger partial charge >= 0.3 is 0 Å². The van der Waals surface area contributed by atoms with Gasteiger partial charge in [0, 0.05) is 11.8 Å². The summed E-state index contributed by atoms with van der Waals surface area (Å²) in [5.41, 5.74) is 3.67. The first-order chi connectivity index (χ1) is 2.00. The second kappa shape index (κ2) is 0.0602. The molecule has 0 bridgehead atoms. The molecule has 0 heterocycles. The molecule has 0 nitrogen and oxygen atoms in total. The molecule has 0 aromatic carbocycles. The molecular formula is C4H2. The molecule has 0 aromatic rings. The van der Waals surface area contributed by atoms with E-state index in [4.69, 9.17) is 0 Å². The Morgan fingerprint density at radius 3 is 1.25 bits per heavy atom. The second-order valence-corrected chi connectivity index (χ2v) is 1.87. The summed E-state index contributed by atoms with van der Waals surface area (Å²) in [6.45, 7) is 0. The lowest BCUT2D eigenvalue weighted by Crippen LogP contribution is -1.07. The van der Waals surface area contributed by atoms with E-state index in [0.29, 0.717) is 0 Å². The van der Waals surface area contributed by atoms with Crippen LogP contribution in [-0.4, -0.2) is 0 Å². The van der Waals surface area contributed by atoms with Gasteiger partial charge in [0.05, 0.1) is 0 Å². The van der Waals surface area contributed by atoms with E-state index < -0.39 is 0 Å². The van der Waals surface area contributed by atoms with Crippen molar-refractivity contribution in [3.8, 4) is 0 Å². The summed E-state index contributed by atoms with van der Waals surface area (Å²) >= 11 is 0. The maximum absolute atomic E-state index is 1.83. The first-order valence-electron chi connectivity index (χ1n) is 1.74. The lowest BCUT2D eigenvalue weighted by atomic mass is 10.9. The van der Waals surface area contributed by atoms with Crippen LogP contribution in [0.5, 0.6) is 0 Å². The molecule has 0 saturated heterocycles. The number of hydrogen-bond donors (Lipinski definition) is 0. The zero-order valence-electron chi connectivity index (χ0n) is 2.15. The van der Waals surface area contributed by atoms with Crippen LogP contribution in [0.2, 0.25) is 0 Å². The molecule has 0 amide bonds. The molecule has 2 saturated carbocycles. The third-order valence-corrected chi connectivity index (χ3v) is 1.62. The van der Waals surface area contributed by atoms with E-state index in [9.17, 15) is 0 Å². The van der Waals surface area contributed by atoms with Crippen molar-refractivity contribution in [2.24, 2.45) is 11.8 Å². The number of allylic oxidation sites excluding steroid dienone is 2. The molecule has 0 radical (unpaired) electrons. The fourth-order valence-corrected chi connectivity index (χ4v) is 0.789. The molecule has 0 heteroatoms. The minimum atomic E-state index is 1.17. The molecule has 0 aliphatic heterocycles. The van der Waals surface area contributed by atoms with E-state index in [1.807, 2.05) is 11.1 Å². The molecule has 4 rings (SSSR count). The molecule has 0 atom stereocenters. The van der Waals surface area contributed by atoms with Gasteiger partial charge in [-0.15, -0.1) is 0 Å². The molecule has 0 N–H and O–H groups in total. The smallest absolute Gasteiger partial charge is 0.0130 e. The summed E-state index contributed by atoms with van der Waals surface area (Å²) in [5, 5.41) is 0. The van der Waals surface area contributed by atoms with Gasteiger partial charge < -0.3 is 0 Å². The third-order valence-electron chi connectivity index (χ3n) is 1.62. The van der Waals surface area contributed by atoms with Crippen molar-refractivity contribution in [2.75, 3.05) is 0 Å². The highest BCUT2D eigenvalue weighted by Crippen LogP contribution is 2.93. The maximum Gasteiger partial charge on any atom is 0.0130 e. The quantitative estimate of drug-likeness (QED) is 0.352. The predicted octanol–water partition coefficient (Wildman–Crippen LogP) is 0.556. The van der Waals surface area contributed by atoms with E-state index in [1.54, 1.807) is 0 Å². The maximum atomic E-state index is 1.83. The van der Waals surface area contributed by atoms with Crippen LogP contribution >= 0.6 is 0 Å². The Labute approximate surface area is 24.1 Å². The Kier molecular flexibility index (Phi) is 0.0128. The lowest BCUT2D eigenvalue weighted by molar-refractivity contribution is 1.43. The molecule has 4 aliphatic rings. The average molecular weight is 50.1 g/mol. The van der Waals surface area contributed by atoms with Crippen molar-refractivity contribution in [2.45, 2.75) is 0 Å². The van der Waals surface area contributed by atoms with Gasteiger partial charge in [0.2, 0.25) is 0 Å². The molecule has 0 spiro atoms. The van der Waals surface area contributed by atoms with Gasteiger partial charge in [-0.1, -0.05) is 11.1 Å². The third kappa shape index (κ3) is 0.00385. The molecule has 18 valence electrons. The van der Waals surface area contributed by atoms with Crippen molar-refractivity contribution in [3.63, 3.8) is 0 Å². The van der Waals surface area contributed by atoms with Crippen LogP contribution in [0.4, 0.5) is 0 Å². The topological polar surface area (TPSA) is 0 Å². The molecular weight excluding hydrogens is 48.0 g/mol. The highest BCUT2D eigenvalue weighted by atomic mass is 14.9. The number of hydrogen-bond acceptors (Lipinski definition) is 0. The minimum Gasteiger partial charge on any atom is -0.0535 e. The fraction of sp³-hybridized carbons (Fsp3) is 0.500. The van der Waals surface area contributed by atoms with Gasteiger partial charge in [-0.25, -0.2) is 0 Å². The Morgan fingerprint density at radius 1 is 1.00 bits per heavy atom. The van der Waals surface area contributed by atoms with Crippen LogP contribution in [0, 0.1) is 11.8 Å². The van der Waals surface area contributed by atoms with Gasteiger partial charge in [-0.05, 0) is 0 Å². The van der Waals surface area contributed by atoms with Crippen LogP contribution in [-0.2, 0) is 0 Å². The lowest BCUT2D eigenvalue weighted by Gasteiger charge is -1.17. The molecule has 4 heavy (non-hydrogen) atoms. The van der Waals surface area contributed by atoms with E-state index in [2.05, 4.69) is 0 Å². The van der Waals surface area contributed by atoms with Gasteiger partial charge in [0.25, 0.3) is 0 Å². The Morgan fingerprint density at radius 2 is 1.25 bits per heavy atom. The van der Waals surface area contributed by atoms with Crippen molar-refractivity contribution in [1.82, 2.24) is 0 Å². The van der Waals surface area contributed by atoms with Gasteiger partial charge in [0.15, 0.2) is 0 Å². The molecule has 2 fully saturated rings. The summed E-state index contributed by atoms with van der Waals surface area (Å²) in [6.07, 6.45) is 0. The van der Waals surface area contributed by atoms with Crippen LogP contribution in [0.3, 0.4) is 0 Å². The largest absolute Gasteiger partial charge is 0.0535 e. The zero-order valence-corrected chi connectivity index (χ0v) is 2.15. The highest BCUT2D eigenvalue weighted by molar-refractivity contribution is 5.86. The van der Waals surface area contributed by atoms with Gasteiger partial charge in [-0.2, -0.15) is 0 Å². The van der Waals surface area contributed by atoms with Crippen molar-refractivity contribution < 1.29 is 0 Å². The molecule has 0 aromatic heterocycles. The predicted molar refractivity (Wildman–Crippen MR) is 14.0 cm³/mol. The highest BCUT2D eigenvalue weighted by Gasteiger charge is 2.84. The Bertz CT molecular complexity index is 103. The first-order valence-corrected chi connectivity index (χ1v) is 1.74. The Balaban J connectivity index is 3.29. The Hall–Kier alpha value is -0.260. The normalized spacial score (nSPS) is 72.0. The summed E-state index contributed by atoms with van der Waals surface area (Å²) in [4.78, 5) is 0. The number of rotatable bonds is 0. The monoisotopic (exact) mass is 50.0 g/mol. The van der Waals surface area contributed by atoms with Crippen LogP contribution in [0.15, 0.2) is 11.1 Å². The average Bonchev–Trinajstić information content (AvgIpc) is 1.71. The zero-order chi connectivity index (χ0) is 2.31. The van der Waals surface area contributed by atoms with E-state index >= 15 is 0 Å². The van der Waals surface area contributed by atoms with Crippen molar-refractivity contribution >= 4 is 0 Å². The van der Waals surface area contributed by atoms with Gasteiger partial charge in [-0.3, -0.25) is 0 Å².